The second-order valence-corrected chi connectivity index (χ2v) is 7.31. The lowest BCUT2D eigenvalue weighted by Crippen LogP contribution is -2.49. The lowest BCUT2D eigenvalue weighted by molar-refractivity contribution is 0.0990. The van der Waals surface area contributed by atoms with Crippen molar-refractivity contribution in [2.24, 2.45) is 11.8 Å². The van der Waals surface area contributed by atoms with Crippen LogP contribution in [0.1, 0.15) is 72.1 Å². The van der Waals surface area contributed by atoms with Gasteiger partial charge in [-0.05, 0) is 64.0 Å². The van der Waals surface area contributed by atoms with Crippen LogP contribution >= 0.6 is 0 Å². The zero-order valence-electron chi connectivity index (χ0n) is 14.0. The van der Waals surface area contributed by atoms with Crippen molar-refractivity contribution in [3.05, 3.63) is 0 Å². The number of rotatable bonds is 6. The molecule has 2 heteroatoms. The summed E-state index contributed by atoms with van der Waals surface area (Å²) in [5, 5.41) is 3.71. The van der Waals surface area contributed by atoms with Crippen molar-refractivity contribution in [3.8, 4) is 0 Å². The van der Waals surface area contributed by atoms with Crippen LogP contribution in [-0.2, 0) is 0 Å². The Bertz CT molecular complexity index is 258. The summed E-state index contributed by atoms with van der Waals surface area (Å²) < 4.78 is 0. The first-order chi connectivity index (χ1) is 9.72. The molecule has 2 aliphatic rings. The zero-order chi connectivity index (χ0) is 14.4. The van der Waals surface area contributed by atoms with Crippen LogP contribution < -0.4 is 5.32 Å². The molecule has 1 aliphatic carbocycles. The molecule has 0 amide bonds. The normalized spacial score (nSPS) is 36.1. The summed E-state index contributed by atoms with van der Waals surface area (Å²) in [4.78, 5) is 2.78. The lowest BCUT2D eigenvalue weighted by Gasteiger charge is -2.41. The van der Waals surface area contributed by atoms with Gasteiger partial charge < -0.3 is 10.2 Å². The molecule has 0 aromatic rings. The van der Waals surface area contributed by atoms with Crippen LogP contribution in [0.15, 0.2) is 0 Å². The number of nitrogens with one attached hydrogen (secondary N) is 1. The molecule has 2 fully saturated rings. The molecule has 1 saturated heterocycles. The predicted molar refractivity (Wildman–Crippen MR) is 88.1 cm³/mol. The minimum absolute atomic E-state index is 0.775. The fourth-order valence-corrected chi connectivity index (χ4v) is 4.18. The van der Waals surface area contributed by atoms with Crippen LogP contribution in [0, 0.1) is 11.8 Å². The van der Waals surface area contributed by atoms with Crippen molar-refractivity contribution in [2.45, 2.75) is 84.2 Å². The van der Waals surface area contributed by atoms with Gasteiger partial charge in [0.2, 0.25) is 0 Å². The maximum Gasteiger partial charge on any atom is 0.00940 e. The van der Waals surface area contributed by atoms with Gasteiger partial charge in [-0.3, -0.25) is 0 Å². The molecule has 2 rings (SSSR count). The van der Waals surface area contributed by atoms with E-state index in [1.54, 1.807) is 0 Å². The summed E-state index contributed by atoms with van der Waals surface area (Å²) in [6.07, 6.45) is 11.3. The maximum absolute atomic E-state index is 3.71. The molecular weight excluding hydrogens is 244 g/mol. The first-order valence-corrected chi connectivity index (χ1v) is 9.20. The highest BCUT2D eigenvalue weighted by Crippen LogP contribution is 2.32. The van der Waals surface area contributed by atoms with Crippen molar-refractivity contribution in [1.82, 2.24) is 10.2 Å². The van der Waals surface area contributed by atoms with Gasteiger partial charge in [0.25, 0.3) is 0 Å². The summed E-state index contributed by atoms with van der Waals surface area (Å²) in [5.74, 6) is 2.02. The average molecular weight is 280 g/mol. The summed E-state index contributed by atoms with van der Waals surface area (Å²) in [6, 6.07) is 1.55. The standard InChI is InChI=1S/C18H36N2/c1-4-11-19-18-10-12-20(15(3)13-18)14-17-8-6-16(5-2)7-9-17/h15-19H,4-14H2,1-3H3. The van der Waals surface area contributed by atoms with Gasteiger partial charge in [-0.25, -0.2) is 0 Å². The van der Waals surface area contributed by atoms with Crippen LogP contribution in [-0.4, -0.2) is 36.6 Å². The number of likely N-dealkylation sites (tertiary alicyclic amines) is 1. The van der Waals surface area contributed by atoms with E-state index in [4.69, 9.17) is 0 Å². The van der Waals surface area contributed by atoms with E-state index >= 15 is 0 Å². The first kappa shape index (κ1) is 16.3. The maximum atomic E-state index is 3.71. The van der Waals surface area contributed by atoms with Crippen LogP contribution in [0.4, 0.5) is 0 Å². The molecule has 20 heavy (non-hydrogen) atoms. The fourth-order valence-electron chi connectivity index (χ4n) is 4.18. The molecule has 2 atom stereocenters. The Labute approximate surface area is 126 Å². The highest BCUT2D eigenvalue weighted by molar-refractivity contribution is 4.85. The second kappa shape index (κ2) is 8.38. The van der Waals surface area contributed by atoms with E-state index in [1.807, 2.05) is 0 Å². The van der Waals surface area contributed by atoms with Crippen molar-refractivity contribution in [3.63, 3.8) is 0 Å². The third kappa shape index (κ3) is 4.73. The first-order valence-electron chi connectivity index (χ1n) is 9.20. The summed E-state index contributed by atoms with van der Waals surface area (Å²) in [5.41, 5.74) is 0. The number of piperidine rings is 1. The molecule has 2 unspecified atom stereocenters. The van der Waals surface area contributed by atoms with Gasteiger partial charge in [0.05, 0.1) is 0 Å². The monoisotopic (exact) mass is 280 g/mol. The Hall–Kier alpha value is -0.0800. The molecule has 0 aromatic carbocycles. The molecule has 1 heterocycles. The molecular formula is C18H36N2. The Morgan fingerprint density at radius 3 is 2.30 bits per heavy atom. The zero-order valence-corrected chi connectivity index (χ0v) is 14.0. The summed E-state index contributed by atoms with van der Waals surface area (Å²) in [7, 11) is 0. The van der Waals surface area contributed by atoms with Crippen molar-refractivity contribution < 1.29 is 0 Å². The second-order valence-electron chi connectivity index (χ2n) is 7.31. The SMILES string of the molecule is CCCNC1CCN(CC2CCC(CC)CC2)C(C)C1. The van der Waals surface area contributed by atoms with Crippen molar-refractivity contribution in [2.75, 3.05) is 19.6 Å². The number of hydrogen-bond donors (Lipinski definition) is 1. The van der Waals surface area contributed by atoms with Gasteiger partial charge in [-0.1, -0.05) is 33.1 Å². The van der Waals surface area contributed by atoms with E-state index in [1.165, 1.54) is 71.0 Å². The van der Waals surface area contributed by atoms with E-state index in [9.17, 15) is 0 Å². The quantitative estimate of drug-likeness (QED) is 0.789. The molecule has 2 nitrogen and oxygen atoms in total. The van der Waals surface area contributed by atoms with Gasteiger partial charge in [0, 0.05) is 18.6 Å². The van der Waals surface area contributed by atoms with Gasteiger partial charge in [0.15, 0.2) is 0 Å². The van der Waals surface area contributed by atoms with Crippen LogP contribution in [0.3, 0.4) is 0 Å². The van der Waals surface area contributed by atoms with E-state index in [0.29, 0.717) is 0 Å². The van der Waals surface area contributed by atoms with Gasteiger partial charge >= 0.3 is 0 Å². The van der Waals surface area contributed by atoms with Crippen LogP contribution in [0.5, 0.6) is 0 Å². The Morgan fingerprint density at radius 2 is 1.70 bits per heavy atom. The Morgan fingerprint density at radius 1 is 1.00 bits per heavy atom. The highest BCUT2D eigenvalue weighted by Gasteiger charge is 2.28. The number of nitrogens with zero attached hydrogens (tertiary/aromatic N) is 1. The minimum Gasteiger partial charge on any atom is -0.314 e. The van der Waals surface area contributed by atoms with Gasteiger partial charge in [-0.2, -0.15) is 0 Å². The van der Waals surface area contributed by atoms with Gasteiger partial charge in [-0.15, -0.1) is 0 Å². The van der Waals surface area contributed by atoms with Crippen molar-refractivity contribution in [1.29, 1.82) is 0 Å². The third-order valence-corrected chi connectivity index (χ3v) is 5.73. The molecule has 1 saturated carbocycles. The average Bonchev–Trinajstić information content (AvgIpc) is 2.48. The minimum atomic E-state index is 0.775. The Kier molecular flexibility index (Phi) is 6.83. The van der Waals surface area contributed by atoms with E-state index < -0.39 is 0 Å². The lowest BCUT2D eigenvalue weighted by atomic mass is 9.80. The Balaban J connectivity index is 1.69. The third-order valence-electron chi connectivity index (χ3n) is 5.73. The highest BCUT2D eigenvalue weighted by atomic mass is 15.2. The molecule has 0 bridgehead atoms. The summed E-state index contributed by atoms with van der Waals surface area (Å²) >= 11 is 0. The molecule has 0 radical (unpaired) electrons. The van der Waals surface area contributed by atoms with Crippen LogP contribution in [0.25, 0.3) is 0 Å². The van der Waals surface area contributed by atoms with E-state index in [0.717, 1.165) is 23.9 Å². The molecule has 1 aliphatic heterocycles. The smallest absolute Gasteiger partial charge is 0.00940 e. The molecule has 0 spiro atoms. The predicted octanol–water partition coefficient (Wildman–Crippen LogP) is 4.06. The van der Waals surface area contributed by atoms with E-state index in [-0.39, 0.29) is 0 Å². The summed E-state index contributed by atoms with van der Waals surface area (Å²) in [6.45, 7) is 10.9. The van der Waals surface area contributed by atoms with E-state index in [2.05, 4.69) is 31.0 Å². The molecule has 1 N–H and O–H groups in total. The van der Waals surface area contributed by atoms with Crippen LogP contribution in [0.2, 0.25) is 0 Å². The van der Waals surface area contributed by atoms with Gasteiger partial charge in [0.1, 0.15) is 0 Å². The largest absolute Gasteiger partial charge is 0.314 e. The molecule has 118 valence electrons. The molecule has 0 aromatic heterocycles. The topological polar surface area (TPSA) is 15.3 Å². The number of hydrogen-bond acceptors (Lipinski definition) is 2. The van der Waals surface area contributed by atoms with Crippen molar-refractivity contribution >= 4 is 0 Å². The fraction of sp³-hybridized carbons (Fsp3) is 1.00.